The van der Waals surface area contributed by atoms with Gasteiger partial charge in [0.2, 0.25) is 0 Å². The number of nitrogens with zero attached hydrogens (tertiary/aromatic N) is 1. The standard InChI is InChI=1S/C14H24N2OS/c1-17-7-2-3-13(15)10-16(14-4-5-14)9-12-6-8-18-11-12/h6,8,11,13-14H,2-5,7,9-10,15H2,1H3. The number of hydrogen-bond donors (Lipinski definition) is 1. The Balaban J connectivity index is 1.75. The zero-order valence-electron chi connectivity index (χ0n) is 11.2. The highest BCUT2D eigenvalue weighted by Gasteiger charge is 2.29. The quantitative estimate of drug-likeness (QED) is 0.699. The minimum atomic E-state index is 0.277. The first-order chi connectivity index (χ1) is 8.79. The Kier molecular flexibility index (Phi) is 5.63. The van der Waals surface area contributed by atoms with Gasteiger partial charge in [-0.25, -0.2) is 0 Å². The molecule has 4 heteroatoms. The third-order valence-corrected chi connectivity index (χ3v) is 4.15. The predicted octanol–water partition coefficient (Wildman–Crippen LogP) is 2.47. The van der Waals surface area contributed by atoms with Gasteiger partial charge in [-0.1, -0.05) is 0 Å². The van der Waals surface area contributed by atoms with E-state index in [-0.39, 0.29) is 6.04 Å². The molecule has 1 atom stereocenters. The Morgan fingerprint density at radius 3 is 3.00 bits per heavy atom. The topological polar surface area (TPSA) is 38.5 Å². The lowest BCUT2D eigenvalue weighted by Crippen LogP contribution is -2.38. The first kappa shape index (κ1) is 14.0. The van der Waals surface area contributed by atoms with Crippen LogP contribution in [0.2, 0.25) is 0 Å². The monoisotopic (exact) mass is 268 g/mol. The lowest BCUT2D eigenvalue weighted by Gasteiger charge is -2.25. The molecule has 1 aliphatic carbocycles. The van der Waals surface area contributed by atoms with E-state index >= 15 is 0 Å². The van der Waals surface area contributed by atoms with Crippen molar-refractivity contribution in [1.82, 2.24) is 4.90 Å². The molecule has 1 aliphatic rings. The van der Waals surface area contributed by atoms with Gasteiger partial charge in [-0.3, -0.25) is 4.90 Å². The first-order valence-electron chi connectivity index (χ1n) is 6.79. The Morgan fingerprint density at radius 1 is 1.56 bits per heavy atom. The van der Waals surface area contributed by atoms with Gasteiger partial charge in [0.05, 0.1) is 0 Å². The molecule has 18 heavy (non-hydrogen) atoms. The fourth-order valence-corrected chi connectivity index (χ4v) is 2.94. The molecule has 2 rings (SSSR count). The van der Waals surface area contributed by atoms with Crippen LogP contribution in [0.5, 0.6) is 0 Å². The van der Waals surface area contributed by atoms with Crippen LogP contribution in [0.4, 0.5) is 0 Å². The van der Waals surface area contributed by atoms with Crippen LogP contribution in [-0.4, -0.2) is 37.2 Å². The molecular formula is C14H24N2OS. The van der Waals surface area contributed by atoms with Crippen LogP contribution < -0.4 is 5.73 Å². The van der Waals surface area contributed by atoms with Crippen LogP contribution >= 0.6 is 11.3 Å². The smallest absolute Gasteiger partial charge is 0.0462 e. The molecule has 1 saturated carbocycles. The summed E-state index contributed by atoms with van der Waals surface area (Å²) < 4.78 is 5.07. The molecule has 0 radical (unpaired) electrons. The van der Waals surface area contributed by atoms with Gasteiger partial charge in [0.25, 0.3) is 0 Å². The maximum absolute atomic E-state index is 6.22. The van der Waals surface area contributed by atoms with E-state index in [1.807, 2.05) is 0 Å². The summed E-state index contributed by atoms with van der Waals surface area (Å²) in [6.07, 6.45) is 4.80. The molecule has 1 heterocycles. The van der Waals surface area contributed by atoms with Gasteiger partial charge in [-0.2, -0.15) is 11.3 Å². The minimum Gasteiger partial charge on any atom is -0.385 e. The molecule has 3 nitrogen and oxygen atoms in total. The van der Waals surface area contributed by atoms with Crippen molar-refractivity contribution in [1.29, 1.82) is 0 Å². The van der Waals surface area contributed by atoms with E-state index in [2.05, 4.69) is 21.7 Å². The summed E-state index contributed by atoms with van der Waals surface area (Å²) in [5.74, 6) is 0. The lowest BCUT2D eigenvalue weighted by atomic mass is 10.1. The van der Waals surface area contributed by atoms with Crippen molar-refractivity contribution in [2.75, 3.05) is 20.3 Å². The summed E-state index contributed by atoms with van der Waals surface area (Å²) in [4.78, 5) is 2.56. The second kappa shape index (κ2) is 7.24. The molecule has 0 aliphatic heterocycles. The Hall–Kier alpha value is -0.420. The van der Waals surface area contributed by atoms with Gasteiger partial charge in [-0.05, 0) is 48.1 Å². The van der Waals surface area contributed by atoms with E-state index in [1.165, 1.54) is 18.4 Å². The maximum atomic E-state index is 6.22. The Morgan fingerprint density at radius 2 is 2.39 bits per heavy atom. The van der Waals surface area contributed by atoms with Crippen molar-refractivity contribution < 1.29 is 4.74 Å². The molecule has 1 aromatic heterocycles. The number of hydrogen-bond acceptors (Lipinski definition) is 4. The number of nitrogens with two attached hydrogens (primary N) is 1. The zero-order chi connectivity index (χ0) is 12.8. The van der Waals surface area contributed by atoms with Crippen molar-refractivity contribution in [2.24, 2.45) is 5.73 Å². The molecule has 1 unspecified atom stereocenters. The van der Waals surface area contributed by atoms with Crippen molar-refractivity contribution in [2.45, 2.75) is 44.3 Å². The largest absolute Gasteiger partial charge is 0.385 e. The summed E-state index contributed by atoms with van der Waals surface area (Å²) in [5, 5.41) is 4.39. The lowest BCUT2D eigenvalue weighted by molar-refractivity contribution is 0.182. The van der Waals surface area contributed by atoms with E-state index < -0.39 is 0 Å². The number of thiophene rings is 1. The molecule has 0 spiro atoms. The molecule has 0 amide bonds. The van der Waals surface area contributed by atoms with E-state index in [1.54, 1.807) is 18.4 Å². The Bertz CT molecular complexity index is 325. The SMILES string of the molecule is COCCCC(N)CN(Cc1ccsc1)C1CC1. The Labute approximate surface area is 114 Å². The normalized spacial score (nSPS) is 17.3. The average molecular weight is 268 g/mol. The zero-order valence-corrected chi connectivity index (χ0v) is 12.0. The van der Waals surface area contributed by atoms with Gasteiger partial charge in [0.1, 0.15) is 0 Å². The van der Waals surface area contributed by atoms with Crippen molar-refractivity contribution in [3.05, 3.63) is 22.4 Å². The third kappa shape index (κ3) is 4.69. The van der Waals surface area contributed by atoms with Crippen LogP contribution in [0.25, 0.3) is 0 Å². The van der Waals surface area contributed by atoms with Crippen molar-refractivity contribution in [3.63, 3.8) is 0 Å². The first-order valence-corrected chi connectivity index (χ1v) is 7.73. The van der Waals surface area contributed by atoms with E-state index in [0.717, 1.165) is 38.6 Å². The van der Waals surface area contributed by atoms with Crippen LogP contribution in [0.15, 0.2) is 16.8 Å². The van der Waals surface area contributed by atoms with Crippen LogP contribution in [-0.2, 0) is 11.3 Å². The summed E-state index contributed by atoms with van der Waals surface area (Å²) in [6, 6.07) is 3.27. The second-order valence-corrected chi connectivity index (χ2v) is 5.97. The van der Waals surface area contributed by atoms with Crippen LogP contribution in [0.1, 0.15) is 31.2 Å². The fourth-order valence-electron chi connectivity index (χ4n) is 2.28. The average Bonchev–Trinajstić information content (AvgIpc) is 3.08. The number of methoxy groups -OCH3 is 1. The van der Waals surface area contributed by atoms with Gasteiger partial charge in [0.15, 0.2) is 0 Å². The summed E-state index contributed by atoms with van der Waals surface area (Å²) >= 11 is 1.77. The van der Waals surface area contributed by atoms with E-state index in [0.29, 0.717) is 0 Å². The minimum absolute atomic E-state index is 0.277. The highest BCUT2D eigenvalue weighted by atomic mass is 32.1. The highest BCUT2D eigenvalue weighted by Crippen LogP contribution is 2.28. The highest BCUT2D eigenvalue weighted by molar-refractivity contribution is 7.07. The summed E-state index contributed by atoms with van der Waals surface area (Å²) in [7, 11) is 1.75. The van der Waals surface area contributed by atoms with Gasteiger partial charge in [-0.15, -0.1) is 0 Å². The number of ether oxygens (including phenoxy) is 1. The summed E-state index contributed by atoms with van der Waals surface area (Å²) in [6.45, 7) is 2.90. The molecule has 0 saturated heterocycles. The van der Waals surface area contributed by atoms with Crippen molar-refractivity contribution >= 4 is 11.3 Å². The second-order valence-electron chi connectivity index (χ2n) is 5.19. The van der Waals surface area contributed by atoms with Crippen LogP contribution in [0, 0.1) is 0 Å². The molecule has 1 fully saturated rings. The molecule has 0 bridgehead atoms. The van der Waals surface area contributed by atoms with E-state index in [4.69, 9.17) is 10.5 Å². The molecular weight excluding hydrogens is 244 g/mol. The third-order valence-electron chi connectivity index (χ3n) is 3.42. The molecule has 102 valence electrons. The predicted molar refractivity (Wildman–Crippen MR) is 76.8 cm³/mol. The van der Waals surface area contributed by atoms with Crippen molar-refractivity contribution in [3.8, 4) is 0 Å². The fraction of sp³-hybridized carbons (Fsp3) is 0.714. The molecule has 0 aromatic carbocycles. The van der Waals surface area contributed by atoms with Gasteiger partial charge in [0, 0.05) is 38.9 Å². The maximum Gasteiger partial charge on any atom is 0.0462 e. The van der Waals surface area contributed by atoms with Crippen LogP contribution in [0.3, 0.4) is 0 Å². The van der Waals surface area contributed by atoms with Gasteiger partial charge < -0.3 is 10.5 Å². The van der Waals surface area contributed by atoms with Gasteiger partial charge >= 0.3 is 0 Å². The summed E-state index contributed by atoms with van der Waals surface area (Å²) in [5.41, 5.74) is 7.64. The van der Waals surface area contributed by atoms with E-state index in [9.17, 15) is 0 Å². The molecule has 1 aromatic rings. The molecule has 2 N–H and O–H groups in total. The number of rotatable bonds is 9.